The summed E-state index contributed by atoms with van der Waals surface area (Å²) in [7, 11) is -2.60. The van der Waals surface area contributed by atoms with E-state index < -0.39 is 22.5 Å². The van der Waals surface area contributed by atoms with Crippen LogP contribution in [0.3, 0.4) is 0 Å². The highest BCUT2D eigenvalue weighted by Crippen LogP contribution is 2.30. The molecular formula is C18H20ClNO5S. The summed E-state index contributed by atoms with van der Waals surface area (Å²) in [6, 6.07) is 11.0. The largest absolute Gasteiger partial charge is 0.495 e. The standard InChI is InChI=1S/C18H20ClNO5S/c1-4-25-18(21)12-20(14-7-5-6-13(2)10-14)26(22,23)15-8-9-17(24-3)16(19)11-15/h5-11H,4,12H2,1-3H3. The third-order valence-electron chi connectivity index (χ3n) is 3.58. The number of anilines is 1. The van der Waals surface area contributed by atoms with Crippen molar-refractivity contribution in [3.8, 4) is 5.75 Å². The van der Waals surface area contributed by atoms with Crippen molar-refractivity contribution in [3.63, 3.8) is 0 Å². The minimum Gasteiger partial charge on any atom is -0.495 e. The first-order valence-corrected chi connectivity index (χ1v) is 9.70. The van der Waals surface area contributed by atoms with Gasteiger partial charge in [-0.1, -0.05) is 23.7 Å². The van der Waals surface area contributed by atoms with E-state index in [4.69, 9.17) is 21.1 Å². The van der Waals surface area contributed by atoms with Crippen LogP contribution in [0.15, 0.2) is 47.4 Å². The molecule has 0 aliphatic heterocycles. The van der Waals surface area contributed by atoms with Crippen molar-refractivity contribution < 1.29 is 22.7 Å². The van der Waals surface area contributed by atoms with Gasteiger partial charge in [0.15, 0.2) is 0 Å². The summed E-state index contributed by atoms with van der Waals surface area (Å²) in [6.45, 7) is 3.22. The van der Waals surface area contributed by atoms with Crippen LogP contribution in [-0.2, 0) is 19.6 Å². The van der Waals surface area contributed by atoms with Crippen LogP contribution in [0.1, 0.15) is 12.5 Å². The van der Waals surface area contributed by atoms with E-state index in [0.29, 0.717) is 11.4 Å². The summed E-state index contributed by atoms with van der Waals surface area (Å²) in [5.74, 6) is -0.282. The van der Waals surface area contributed by atoms with Crippen LogP contribution in [0.25, 0.3) is 0 Å². The van der Waals surface area contributed by atoms with E-state index in [1.165, 1.54) is 25.3 Å². The predicted molar refractivity (Wildman–Crippen MR) is 100 cm³/mol. The van der Waals surface area contributed by atoms with Gasteiger partial charge in [-0.3, -0.25) is 9.10 Å². The van der Waals surface area contributed by atoms with Crippen LogP contribution >= 0.6 is 11.6 Å². The van der Waals surface area contributed by atoms with Gasteiger partial charge in [0.1, 0.15) is 12.3 Å². The molecule has 0 aromatic heterocycles. The Bertz CT molecular complexity index is 898. The number of rotatable bonds is 7. The monoisotopic (exact) mass is 397 g/mol. The van der Waals surface area contributed by atoms with Crippen LogP contribution in [0, 0.1) is 6.92 Å². The summed E-state index contributed by atoms with van der Waals surface area (Å²) >= 11 is 6.07. The normalized spacial score (nSPS) is 11.1. The van der Waals surface area contributed by atoms with Gasteiger partial charge in [0.05, 0.1) is 29.3 Å². The van der Waals surface area contributed by atoms with Crippen molar-refractivity contribution >= 4 is 33.3 Å². The molecule has 140 valence electrons. The molecule has 0 unspecified atom stereocenters. The number of methoxy groups -OCH3 is 1. The molecule has 0 saturated heterocycles. The highest BCUT2D eigenvalue weighted by Gasteiger charge is 2.28. The molecule has 2 aromatic rings. The van der Waals surface area contributed by atoms with Crippen LogP contribution in [0.2, 0.25) is 5.02 Å². The number of nitrogens with zero attached hydrogens (tertiary/aromatic N) is 1. The Morgan fingerprint density at radius 1 is 1.19 bits per heavy atom. The first kappa shape index (κ1) is 20.1. The number of hydrogen-bond acceptors (Lipinski definition) is 5. The van der Waals surface area contributed by atoms with Gasteiger partial charge in [-0.25, -0.2) is 8.42 Å². The number of aryl methyl sites for hydroxylation is 1. The molecule has 26 heavy (non-hydrogen) atoms. The Balaban J connectivity index is 2.52. The van der Waals surface area contributed by atoms with Crippen LogP contribution in [-0.4, -0.2) is 34.6 Å². The molecule has 0 saturated carbocycles. The van der Waals surface area contributed by atoms with Gasteiger partial charge >= 0.3 is 5.97 Å². The van der Waals surface area contributed by atoms with Crippen LogP contribution in [0.4, 0.5) is 5.69 Å². The minimum atomic E-state index is -4.04. The third-order valence-corrected chi connectivity index (χ3v) is 5.64. The average Bonchev–Trinajstić information content (AvgIpc) is 2.59. The van der Waals surface area contributed by atoms with Crippen LogP contribution < -0.4 is 9.04 Å². The fraction of sp³-hybridized carbons (Fsp3) is 0.278. The number of benzene rings is 2. The maximum atomic E-state index is 13.2. The molecule has 2 rings (SSSR count). The Hall–Kier alpha value is -2.25. The first-order chi connectivity index (χ1) is 12.3. The summed E-state index contributed by atoms with van der Waals surface area (Å²) < 4.78 is 37.3. The molecule has 0 radical (unpaired) electrons. The van der Waals surface area contributed by atoms with Gasteiger partial charge < -0.3 is 9.47 Å². The van der Waals surface area contributed by atoms with E-state index in [-0.39, 0.29) is 16.5 Å². The third kappa shape index (κ3) is 4.47. The molecule has 0 aliphatic carbocycles. The van der Waals surface area contributed by atoms with Gasteiger partial charge in [-0.15, -0.1) is 0 Å². The Morgan fingerprint density at radius 3 is 2.50 bits per heavy atom. The second-order valence-electron chi connectivity index (χ2n) is 5.45. The summed E-state index contributed by atoms with van der Waals surface area (Å²) in [6.07, 6.45) is 0. The van der Waals surface area contributed by atoms with E-state index in [1.54, 1.807) is 25.1 Å². The van der Waals surface area contributed by atoms with E-state index in [1.807, 2.05) is 13.0 Å². The molecule has 0 aliphatic rings. The molecule has 0 N–H and O–H groups in total. The van der Waals surface area contributed by atoms with Gasteiger partial charge in [0.2, 0.25) is 0 Å². The molecule has 0 heterocycles. The molecule has 6 nitrogen and oxygen atoms in total. The quantitative estimate of drug-likeness (QED) is 0.669. The Labute approximate surface area is 158 Å². The van der Waals surface area contributed by atoms with Crippen molar-refractivity contribution in [1.82, 2.24) is 0 Å². The maximum absolute atomic E-state index is 13.2. The number of sulfonamides is 1. The number of esters is 1. The highest BCUT2D eigenvalue weighted by atomic mass is 35.5. The number of carbonyl (C=O) groups excluding carboxylic acids is 1. The molecular weight excluding hydrogens is 378 g/mol. The second-order valence-corrected chi connectivity index (χ2v) is 7.72. The lowest BCUT2D eigenvalue weighted by molar-refractivity contribution is -0.141. The number of halogens is 1. The van der Waals surface area contributed by atoms with E-state index >= 15 is 0 Å². The number of carbonyl (C=O) groups is 1. The second kappa shape index (κ2) is 8.42. The van der Waals surface area contributed by atoms with Gasteiger partial charge in [-0.2, -0.15) is 0 Å². The Kier molecular flexibility index (Phi) is 6.50. The predicted octanol–water partition coefficient (Wildman–Crippen LogP) is 3.42. The molecule has 0 bridgehead atoms. The zero-order valence-electron chi connectivity index (χ0n) is 14.7. The van der Waals surface area contributed by atoms with Crippen molar-refractivity contribution in [2.45, 2.75) is 18.7 Å². The lowest BCUT2D eigenvalue weighted by atomic mass is 10.2. The summed E-state index contributed by atoms with van der Waals surface area (Å²) in [5, 5.41) is 0.161. The number of ether oxygens (including phenoxy) is 2. The fourth-order valence-corrected chi connectivity index (χ4v) is 4.11. The van der Waals surface area contributed by atoms with Crippen molar-refractivity contribution in [2.24, 2.45) is 0 Å². The molecule has 0 fully saturated rings. The maximum Gasteiger partial charge on any atom is 0.326 e. The number of hydrogen-bond donors (Lipinski definition) is 0. The minimum absolute atomic E-state index is 0.0471. The van der Waals surface area contributed by atoms with Gasteiger partial charge in [0.25, 0.3) is 10.0 Å². The average molecular weight is 398 g/mol. The molecule has 0 atom stereocenters. The van der Waals surface area contributed by atoms with Crippen molar-refractivity contribution in [1.29, 1.82) is 0 Å². The molecule has 8 heteroatoms. The molecule has 0 spiro atoms. The lowest BCUT2D eigenvalue weighted by Crippen LogP contribution is -2.36. The highest BCUT2D eigenvalue weighted by molar-refractivity contribution is 7.92. The van der Waals surface area contributed by atoms with Crippen molar-refractivity contribution in [2.75, 3.05) is 24.6 Å². The summed E-state index contributed by atoms with van der Waals surface area (Å²) in [5.41, 5.74) is 1.23. The van der Waals surface area contributed by atoms with Gasteiger partial charge in [0, 0.05) is 0 Å². The summed E-state index contributed by atoms with van der Waals surface area (Å²) in [4.78, 5) is 11.9. The zero-order chi connectivity index (χ0) is 19.3. The smallest absolute Gasteiger partial charge is 0.326 e. The fourth-order valence-electron chi connectivity index (χ4n) is 2.36. The topological polar surface area (TPSA) is 72.9 Å². The molecule has 0 amide bonds. The van der Waals surface area contributed by atoms with E-state index in [9.17, 15) is 13.2 Å². The lowest BCUT2D eigenvalue weighted by Gasteiger charge is -2.24. The Morgan fingerprint density at radius 2 is 1.92 bits per heavy atom. The van der Waals surface area contributed by atoms with Crippen LogP contribution in [0.5, 0.6) is 5.75 Å². The van der Waals surface area contributed by atoms with Gasteiger partial charge in [-0.05, 0) is 49.7 Å². The SMILES string of the molecule is CCOC(=O)CN(c1cccc(C)c1)S(=O)(=O)c1ccc(OC)c(Cl)c1. The first-order valence-electron chi connectivity index (χ1n) is 7.88. The zero-order valence-corrected chi connectivity index (χ0v) is 16.3. The molecule has 2 aromatic carbocycles. The van der Waals surface area contributed by atoms with E-state index in [0.717, 1.165) is 9.87 Å². The van der Waals surface area contributed by atoms with E-state index in [2.05, 4.69) is 0 Å². The van der Waals surface area contributed by atoms with Crippen molar-refractivity contribution in [3.05, 3.63) is 53.1 Å².